The van der Waals surface area contributed by atoms with Gasteiger partial charge in [-0.3, -0.25) is 4.90 Å². The lowest BCUT2D eigenvalue weighted by atomic mass is 10.1. The Balaban J connectivity index is 1.75. The first-order valence-corrected chi connectivity index (χ1v) is 7.81. The van der Waals surface area contributed by atoms with Crippen LogP contribution in [-0.4, -0.2) is 50.8 Å². The van der Waals surface area contributed by atoms with Gasteiger partial charge < -0.3 is 14.4 Å². The molecule has 128 valence electrons. The van der Waals surface area contributed by atoms with Crippen molar-refractivity contribution in [1.82, 2.24) is 14.5 Å². The number of carboxylic acid groups (broad SMARTS) is 1. The molecule has 0 unspecified atom stereocenters. The van der Waals surface area contributed by atoms with Gasteiger partial charge in [-0.15, -0.1) is 0 Å². The van der Waals surface area contributed by atoms with Crippen LogP contribution in [0.2, 0.25) is 0 Å². The second kappa shape index (κ2) is 6.24. The number of aryl methyl sites for hydroxylation is 1. The monoisotopic (exact) mass is 333 g/mol. The van der Waals surface area contributed by atoms with Gasteiger partial charge in [0, 0.05) is 38.4 Å². The van der Waals surface area contributed by atoms with E-state index in [4.69, 9.17) is 9.84 Å². The molecule has 0 aliphatic carbocycles. The number of aromatic carboxylic acids is 1. The van der Waals surface area contributed by atoms with Crippen molar-refractivity contribution in [1.29, 1.82) is 0 Å². The Hall–Kier alpha value is -2.41. The Morgan fingerprint density at radius 1 is 1.42 bits per heavy atom. The molecule has 0 atom stereocenters. The Morgan fingerprint density at radius 3 is 2.67 bits per heavy atom. The van der Waals surface area contributed by atoms with Gasteiger partial charge in [0.1, 0.15) is 17.5 Å². The van der Waals surface area contributed by atoms with E-state index in [1.807, 2.05) is 0 Å². The Labute approximate surface area is 139 Å². The van der Waals surface area contributed by atoms with E-state index in [2.05, 4.69) is 23.7 Å². The summed E-state index contributed by atoms with van der Waals surface area (Å²) in [6, 6.07) is 3.18. The van der Waals surface area contributed by atoms with Gasteiger partial charge in [-0.1, -0.05) is 0 Å². The van der Waals surface area contributed by atoms with E-state index in [1.54, 1.807) is 11.6 Å². The molecule has 0 spiro atoms. The van der Waals surface area contributed by atoms with Crippen molar-refractivity contribution in [2.24, 2.45) is 7.05 Å². The summed E-state index contributed by atoms with van der Waals surface area (Å²) in [6.07, 6.45) is 2.95. The number of pyridine rings is 1. The van der Waals surface area contributed by atoms with Gasteiger partial charge in [0.25, 0.3) is 0 Å². The topological polar surface area (TPSA) is 67.6 Å². The summed E-state index contributed by atoms with van der Waals surface area (Å²) in [5.41, 5.74) is 0.609. The zero-order valence-corrected chi connectivity index (χ0v) is 13.9. The highest BCUT2D eigenvalue weighted by atomic mass is 19.1. The number of hydrogen-bond donors (Lipinski definition) is 1. The summed E-state index contributed by atoms with van der Waals surface area (Å²) in [5.74, 6) is -1.21. The molecular weight excluding hydrogens is 313 g/mol. The van der Waals surface area contributed by atoms with Gasteiger partial charge in [-0.25, -0.2) is 14.2 Å². The second-order valence-electron chi connectivity index (χ2n) is 6.32. The van der Waals surface area contributed by atoms with E-state index in [0.29, 0.717) is 17.5 Å². The molecule has 3 heterocycles. The smallest absolute Gasteiger partial charge is 0.337 e. The number of hydrogen-bond acceptors (Lipinski definition) is 4. The van der Waals surface area contributed by atoms with Gasteiger partial charge in [0.15, 0.2) is 5.82 Å². The van der Waals surface area contributed by atoms with Crippen LogP contribution in [0.1, 0.15) is 24.2 Å². The van der Waals surface area contributed by atoms with E-state index < -0.39 is 11.8 Å². The number of carboxylic acids is 1. The number of ether oxygens (including phenoxy) is 1. The molecule has 3 rings (SSSR count). The molecule has 0 amide bonds. The van der Waals surface area contributed by atoms with Crippen molar-refractivity contribution in [2.75, 3.05) is 13.1 Å². The average molecular weight is 333 g/mol. The molecule has 2 aromatic rings. The fourth-order valence-electron chi connectivity index (χ4n) is 2.75. The molecule has 1 saturated heterocycles. The third-order valence-corrected chi connectivity index (χ3v) is 4.22. The minimum absolute atomic E-state index is 0.0492. The molecule has 6 nitrogen and oxygen atoms in total. The van der Waals surface area contributed by atoms with Crippen LogP contribution in [0.25, 0.3) is 11.4 Å². The van der Waals surface area contributed by atoms with E-state index >= 15 is 0 Å². The van der Waals surface area contributed by atoms with Crippen LogP contribution in [-0.2, 0) is 7.05 Å². The second-order valence-corrected chi connectivity index (χ2v) is 6.32. The highest BCUT2D eigenvalue weighted by molar-refractivity contribution is 5.89. The number of likely N-dealkylation sites (tertiary alicyclic amines) is 1. The van der Waals surface area contributed by atoms with Crippen molar-refractivity contribution in [3.8, 4) is 17.1 Å². The summed E-state index contributed by atoms with van der Waals surface area (Å²) in [6.45, 7) is 5.89. The van der Waals surface area contributed by atoms with Gasteiger partial charge in [-0.2, -0.15) is 0 Å². The Kier molecular flexibility index (Phi) is 4.28. The Morgan fingerprint density at radius 2 is 2.12 bits per heavy atom. The molecule has 1 aliphatic heterocycles. The lowest BCUT2D eigenvalue weighted by Gasteiger charge is -2.41. The summed E-state index contributed by atoms with van der Waals surface area (Å²) in [5, 5.41) is 9.02. The largest absolute Gasteiger partial charge is 0.486 e. The molecule has 0 bridgehead atoms. The van der Waals surface area contributed by atoms with Crippen LogP contribution in [0.3, 0.4) is 0 Å². The maximum atomic E-state index is 14.4. The number of carbonyl (C=O) groups is 1. The molecule has 0 radical (unpaired) electrons. The van der Waals surface area contributed by atoms with Gasteiger partial charge in [-0.05, 0) is 19.9 Å². The van der Waals surface area contributed by atoms with Gasteiger partial charge >= 0.3 is 5.97 Å². The molecule has 0 aromatic carbocycles. The maximum absolute atomic E-state index is 14.4. The summed E-state index contributed by atoms with van der Waals surface area (Å²) in [4.78, 5) is 17.4. The number of rotatable bonds is 5. The van der Waals surface area contributed by atoms with Gasteiger partial charge in [0.05, 0.1) is 17.5 Å². The van der Waals surface area contributed by atoms with Crippen molar-refractivity contribution < 1.29 is 19.0 Å². The van der Waals surface area contributed by atoms with E-state index in [9.17, 15) is 9.18 Å². The minimum atomic E-state index is -1.06. The third-order valence-electron chi connectivity index (χ3n) is 4.22. The van der Waals surface area contributed by atoms with Gasteiger partial charge in [0.2, 0.25) is 0 Å². The number of nitrogens with zero attached hydrogens (tertiary/aromatic N) is 3. The fraction of sp³-hybridized carbons (Fsp3) is 0.412. The third kappa shape index (κ3) is 3.12. The van der Waals surface area contributed by atoms with E-state index in [-0.39, 0.29) is 17.4 Å². The standard InChI is InChI=1S/C17H20FN3O3/c1-10(2)21-8-13(9-21)24-12-5-14(18)16(19-6-12)15-4-11(17(22)23)7-20(15)3/h4-7,10,13H,8-9H2,1-3H3,(H,22,23). The zero-order chi connectivity index (χ0) is 17.4. The van der Waals surface area contributed by atoms with Crippen molar-refractivity contribution in [3.05, 3.63) is 35.9 Å². The summed E-state index contributed by atoms with van der Waals surface area (Å²) in [7, 11) is 1.65. The lowest BCUT2D eigenvalue weighted by molar-refractivity contribution is -0.000177. The first-order valence-electron chi connectivity index (χ1n) is 7.81. The fourth-order valence-corrected chi connectivity index (χ4v) is 2.75. The first kappa shape index (κ1) is 16.4. The highest BCUT2D eigenvalue weighted by Crippen LogP contribution is 2.26. The van der Waals surface area contributed by atoms with Crippen LogP contribution < -0.4 is 4.74 Å². The molecule has 1 aliphatic rings. The predicted molar refractivity (Wildman–Crippen MR) is 86.7 cm³/mol. The molecule has 24 heavy (non-hydrogen) atoms. The zero-order valence-electron chi connectivity index (χ0n) is 13.9. The lowest BCUT2D eigenvalue weighted by Crippen LogP contribution is -2.56. The first-order chi connectivity index (χ1) is 11.3. The highest BCUT2D eigenvalue weighted by Gasteiger charge is 2.30. The van der Waals surface area contributed by atoms with Crippen LogP contribution in [0.15, 0.2) is 24.5 Å². The normalized spacial score (nSPS) is 15.5. The van der Waals surface area contributed by atoms with E-state index in [1.165, 1.54) is 24.5 Å². The molecule has 7 heteroatoms. The van der Waals surface area contributed by atoms with Crippen molar-refractivity contribution in [3.63, 3.8) is 0 Å². The summed E-state index contributed by atoms with van der Waals surface area (Å²) >= 11 is 0. The molecule has 1 fully saturated rings. The quantitative estimate of drug-likeness (QED) is 0.910. The number of aromatic nitrogens is 2. The van der Waals surface area contributed by atoms with Crippen molar-refractivity contribution >= 4 is 5.97 Å². The number of halogens is 1. The van der Waals surface area contributed by atoms with Crippen LogP contribution in [0, 0.1) is 5.82 Å². The molecule has 0 saturated carbocycles. The van der Waals surface area contributed by atoms with Crippen LogP contribution >= 0.6 is 0 Å². The molecule has 2 aromatic heterocycles. The predicted octanol–water partition coefficient (Wildman–Crippen LogP) is 2.40. The van der Waals surface area contributed by atoms with E-state index in [0.717, 1.165) is 13.1 Å². The molecular formula is C17H20FN3O3. The van der Waals surface area contributed by atoms with Crippen LogP contribution in [0.5, 0.6) is 5.75 Å². The summed E-state index contributed by atoms with van der Waals surface area (Å²) < 4.78 is 21.7. The molecule has 1 N–H and O–H groups in total. The SMILES string of the molecule is CC(C)N1CC(Oc2cnc(-c3cc(C(=O)O)cn3C)c(F)c2)C1. The van der Waals surface area contributed by atoms with Crippen molar-refractivity contribution in [2.45, 2.75) is 26.0 Å². The van der Waals surface area contributed by atoms with Crippen LogP contribution in [0.4, 0.5) is 4.39 Å². The maximum Gasteiger partial charge on any atom is 0.337 e. The minimum Gasteiger partial charge on any atom is -0.486 e. The average Bonchev–Trinajstić information content (AvgIpc) is 2.84. The Bertz CT molecular complexity index is 766.